The van der Waals surface area contributed by atoms with E-state index in [1.165, 1.54) is 16.9 Å². The van der Waals surface area contributed by atoms with E-state index in [1.54, 1.807) is 24.7 Å². The van der Waals surface area contributed by atoms with Crippen molar-refractivity contribution in [2.24, 2.45) is 5.73 Å². The topological polar surface area (TPSA) is 121 Å². The summed E-state index contributed by atoms with van der Waals surface area (Å²) in [5.74, 6) is -1.32. The third kappa shape index (κ3) is 4.27. The van der Waals surface area contributed by atoms with Crippen LogP contribution in [0, 0.1) is 13.8 Å². The summed E-state index contributed by atoms with van der Waals surface area (Å²) in [5.41, 5.74) is 7.53. The van der Waals surface area contributed by atoms with Crippen LogP contribution in [0.2, 0.25) is 5.02 Å². The van der Waals surface area contributed by atoms with Gasteiger partial charge >= 0.3 is 0 Å². The maximum absolute atomic E-state index is 13.7. The summed E-state index contributed by atoms with van der Waals surface area (Å²) < 4.78 is 30.6. The lowest BCUT2D eigenvalue weighted by atomic mass is 10.0. The SMILES string of the molecule is CCn1ncc(-c2cc(C(F)F)nc3sc(C(N)=O)c(NC(=O)C(C)n4ncc(Cl)c4C)c23)c1C. The molecule has 4 rings (SSSR count). The molecule has 0 fully saturated rings. The van der Waals surface area contributed by atoms with E-state index in [0.717, 1.165) is 17.0 Å². The van der Waals surface area contributed by atoms with E-state index in [9.17, 15) is 18.4 Å². The number of rotatable bonds is 7. The number of hydrogen-bond acceptors (Lipinski definition) is 6. The molecule has 0 spiro atoms. The van der Waals surface area contributed by atoms with Gasteiger partial charge in [0.15, 0.2) is 0 Å². The minimum atomic E-state index is -2.84. The Balaban J connectivity index is 1.93. The molecule has 35 heavy (non-hydrogen) atoms. The molecule has 9 nitrogen and oxygen atoms in total. The predicted molar refractivity (Wildman–Crippen MR) is 130 cm³/mol. The van der Waals surface area contributed by atoms with Crippen molar-refractivity contribution in [3.8, 4) is 11.1 Å². The van der Waals surface area contributed by atoms with Gasteiger partial charge in [-0.3, -0.25) is 19.0 Å². The first-order valence-electron chi connectivity index (χ1n) is 10.6. The number of amides is 2. The van der Waals surface area contributed by atoms with Crippen LogP contribution in [0.4, 0.5) is 14.5 Å². The van der Waals surface area contributed by atoms with Crippen molar-refractivity contribution < 1.29 is 18.4 Å². The third-order valence-electron chi connectivity index (χ3n) is 5.80. The van der Waals surface area contributed by atoms with Crippen molar-refractivity contribution in [2.75, 3.05) is 5.32 Å². The van der Waals surface area contributed by atoms with Gasteiger partial charge in [-0.05, 0) is 39.3 Å². The zero-order valence-electron chi connectivity index (χ0n) is 19.3. The summed E-state index contributed by atoms with van der Waals surface area (Å²) in [6.45, 7) is 7.63. The summed E-state index contributed by atoms with van der Waals surface area (Å²) in [6, 6.07) is 0.463. The number of carbonyl (C=O) groups excluding carboxylic acids is 2. The van der Waals surface area contributed by atoms with Crippen LogP contribution in [0.3, 0.4) is 0 Å². The second kappa shape index (κ2) is 9.34. The highest BCUT2D eigenvalue weighted by atomic mass is 35.5. The Labute approximate surface area is 207 Å². The molecule has 4 aromatic heterocycles. The van der Waals surface area contributed by atoms with Crippen LogP contribution < -0.4 is 11.1 Å². The number of fused-ring (bicyclic) bond motifs is 1. The average Bonchev–Trinajstić information content (AvgIpc) is 3.48. The van der Waals surface area contributed by atoms with Crippen LogP contribution in [-0.4, -0.2) is 36.4 Å². The molecule has 184 valence electrons. The number of halogens is 3. The second-order valence-electron chi connectivity index (χ2n) is 7.89. The van der Waals surface area contributed by atoms with E-state index in [4.69, 9.17) is 17.3 Å². The van der Waals surface area contributed by atoms with Gasteiger partial charge in [-0.25, -0.2) is 13.8 Å². The normalized spacial score (nSPS) is 12.5. The van der Waals surface area contributed by atoms with Crippen molar-refractivity contribution in [1.82, 2.24) is 24.5 Å². The van der Waals surface area contributed by atoms with Crippen LogP contribution >= 0.6 is 22.9 Å². The molecule has 2 amide bonds. The van der Waals surface area contributed by atoms with Crippen molar-refractivity contribution in [2.45, 2.75) is 46.7 Å². The number of nitrogens with zero attached hydrogens (tertiary/aromatic N) is 5. The van der Waals surface area contributed by atoms with Crippen LogP contribution in [0.5, 0.6) is 0 Å². The lowest BCUT2D eigenvalue weighted by Crippen LogP contribution is -2.26. The summed E-state index contributed by atoms with van der Waals surface area (Å²) in [6.07, 6.45) is 0.148. The Morgan fingerprint density at radius 3 is 2.46 bits per heavy atom. The maximum Gasteiger partial charge on any atom is 0.280 e. The molecular weight excluding hydrogens is 500 g/mol. The van der Waals surface area contributed by atoms with Gasteiger partial charge in [-0.2, -0.15) is 10.2 Å². The molecule has 0 aliphatic rings. The number of primary amides is 1. The molecule has 4 aromatic rings. The minimum Gasteiger partial charge on any atom is -0.365 e. The molecule has 1 unspecified atom stereocenters. The van der Waals surface area contributed by atoms with Gasteiger partial charge in [0, 0.05) is 23.2 Å². The van der Waals surface area contributed by atoms with Crippen LogP contribution in [0.15, 0.2) is 18.5 Å². The largest absolute Gasteiger partial charge is 0.365 e. The van der Waals surface area contributed by atoms with E-state index >= 15 is 0 Å². The lowest BCUT2D eigenvalue weighted by Gasteiger charge is -2.16. The number of hydrogen-bond donors (Lipinski definition) is 2. The summed E-state index contributed by atoms with van der Waals surface area (Å²) in [5, 5.41) is 11.9. The number of anilines is 1. The van der Waals surface area contributed by atoms with Gasteiger partial charge in [0.05, 0.1) is 28.8 Å². The van der Waals surface area contributed by atoms with Gasteiger partial charge in [0.2, 0.25) is 5.91 Å². The monoisotopic (exact) mass is 521 g/mol. The van der Waals surface area contributed by atoms with Crippen molar-refractivity contribution >= 4 is 50.7 Å². The molecule has 0 radical (unpaired) electrons. The first-order valence-corrected chi connectivity index (χ1v) is 11.8. The molecule has 0 aliphatic carbocycles. The molecular formula is C22H22ClF2N7O2S. The number of aryl methyl sites for hydroxylation is 1. The van der Waals surface area contributed by atoms with Gasteiger partial charge in [-0.15, -0.1) is 11.3 Å². The summed E-state index contributed by atoms with van der Waals surface area (Å²) in [7, 11) is 0. The van der Waals surface area contributed by atoms with Gasteiger partial charge in [0.1, 0.15) is 21.4 Å². The van der Waals surface area contributed by atoms with Crippen LogP contribution in [0.1, 0.15) is 53.1 Å². The summed E-state index contributed by atoms with van der Waals surface area (Å²) in [4.78, 5) is 29.7. The molecule has 0 aromatic carbocycles. The second-order valence-corrected chi connectivity index (χ2v) is 9.30. The Morgan fingerprint density at radius 1 is 1.20 bits per heavy atom. The molecule has 0 bridgehead atoms. The van der Waals surface area contributed by atoms with Crippen LogP contribution in [-0.2, 0) is 11.3 Å². The molecule has 0 aliphatic heterocycles. The van der Waals surface area contributed by atoms with E-state index in [-0.39, 0.29) is 15.4 Å². The Bertz CT molecular complexity index is 1460. The highest BCUT2D eigenvalue weighted by Gasteiger charge is 2.28. The highest BCUT2D eigenvalue weighted by Crippen LogP contribution is 2.43. The number of nitrogens with one attached hydrogen (secondary N) is 1. The van der Waals surface area contributed by atoms with E-state index in [1.807, 2.05) is 13.8 Å². The van der Waals surface area contributed by atoms with Gasteiger partial charge in [0.25, 0.3) is 12.3 Å². The predicted octanol–water partition coefficient (Wildman–Crippen LogP) is 4.88. The fraction of sp³-hybridized carbons (Fsp3) is 0.318. The molecule has 0 saturated carbocycles. The fourth-order valence-corrected chi connectivity index (χ4v) is 5.04. The quantitative estimate of drug-likeness (QED) is 0.359. The molecule has 0 saturated heterocycles. The molecule has 4 heterocycles. The summed E-state index contributed by atoms with van der Waals surface area (Å²) >= 11 is 6.91. The Kier molecular flexibility index (Phi) is 6.60. The number of pyridine rings is 1. The fourth-order valence-electron chi connectivity index (χ4n) is 3.90. The third-order valence-corrected chi connectivity index (χ3v) is 7.27. The number of nitrogens with two attached hydrogens (primary N) is 1. The maximum atomic E-state index is 13.7. The Morgan fingerprint density at radius 2 is 1.91 bits per heavy atom. The minimum absolute atomic E-state index is 0.00327. The smallest absolute Gasteiger partial charge is 0.280 e. The van der Waals surface area contributed by atoms with Gasteiger partial charge < -0.3 is 11.1 Å². The molecule has 3 N–H and O–H groups in total. The Hall–Kier alpha value is -3.38. The van der Waals surface area contributed by atoms with Gasteiger partial charge in [-0.1, -0.05) is 11.6 Å². The zero-order valence-corrected chi connectivity index (χ0v) is 20.8. The molecule has 13 heteroatoms. The number of thiophene rings is 1. The number of alkyl halides is 2. The first-order chi connectivity index (χ1) is 16.5. The zero-order chi connectivity index (χ0) is 25.6. The van der Waals surface area contributed by atoms with E-state index < -0.39 is 30.0 Å². The molecule has 1 atom stereocenters. The van der Waals surface area contributed by atoms with Crippen molar-refractivity contribution in [1.29, 1.82) is 0 Å². The number of aromatic nitrogens is 5. The van der Waals surface area contributed by atoms with Crippen molar-refractivity contribution in [3.05, 3.63) is 45.4 Å². The standard InChI is InChI=1S/C22H22ClF2N7O2S/c1-5-31-9(2)13(7-27-31)12-6-15(19(24)25)29-22-16(12)17(18(35-22)20(26)33)30-21(34)11(4)32-10(3)14(23)8-28-32/h6-8,11,19H,5H2,1-4H3,(H2,26,33)(H,30,34). The lowest BCUT2D eigenvalue weighted by molar-refractivity contribution is -0.119. The highest BCUT2D eigenvalue weighted by molar-refractivity contribution is 7.21. The van der Waals surface area contributed by atoms with Crippen LogP contribution in [0.25, 0.3) is 21.3 Å². The van der Waals surface area contributed by atoms with E-state index in [0.29, 0.717) is 33.8 Å². The number of carbonyl (C=O) groups is 2. The first kappa shape index (κ1) is 24.7. The van der Waals surface area contributed by atoms with E-state index in [2.05, 4.69) is 20.5 Å². The average molecular weight is 522 g/mol. The van der Waals surface area contributed by atoms with Crippen molar-refractivity contribution in [3.63, 3.8) is 0 Å².